The first-order valence-electron chi connectivity index (χ1n) is 6.60. The Hall–Kier alpha value is -1.52. The van der Waals surface area contributed by atoms with Gasteiger partial charge in [0.25, 0.3) is 5.91 Å². The van der Waals surface area contributed by atoms with Crippen LogP contribution in [0.1, 0.15) is 33.6 Å². The van der Waals surface area contributed by atoms with Crippen LogP contribution >= 0.6 is 0 Å². The molecule has 0 spiro atoms. The van der Waals surface area contributed by atoms with E-state index < -0.39 is 0 Å². The van der Waals surface area contributed by atoms with E-state index in [0.29, 0.717) is 19.0 Å². The lowest BCUT2D eigenvalue weighted by atomic mass is 10.1. The van der Waals surface area contributed by atoms with Crippen molar-refractivity contribution in [3.8, 4) is 0 Å². The molecule has 5 heteroatoms. The highest BCUT2D eigenvalue weighted by Gasteiger charge is 2.41. The molecule has 2 rings (SSSR count). The maximum absolute atomic E-state index is 12.4. The largest absolute Gasteiger partial charge is 0.339 e. The molecule has 0 N–H and O–H groups in total. The Bertz CT molecular complexity index is 378. The number of fused-ring (bicyclic) bond motifs is 1. The maximum atomic E-state index is 12.4. The third kappa shape index (κ3) is 2.21. The summed E-state index contributed by atoms with van der Waals surface area (Å²) in [6, 6.07) is -0.414. The number of carbonyl (C=O) groups excluding carboxylic acids is 2. The molecule has 0 radical (unpaired) electrons. The van der Waals surface area contributed by atoms with Gasteiger partial charge in [-0.1, -0.05) is 19.9 Å². The van der Waals surface area contributed by atoms with E-state index in [-0.39, 0.29) is 18.0 Å². The fourth-order valence-electron chi connectivity index (χ4n) is 2.26. The van der Waals surface area contributed by atoms with Crippen molar-refractivity contribution in [3.05, 3.63) is 12.3 Å². The van der Waals surface area contributed by atoms with Crippen LogP contribution in [0.2, 0.25) is 0 Å². The van der Waals surface area contributed by atoms with E-state index in [9.17, 15) is 9.59 Å². The highest BCUT2D eigenvalue weighted by atomic mass is 16.2. The number of amides is 3. The summed E-state index contributed by atoms with van der Waals surface area (Å²) in [7, 11) is 0. The fourth-order valence-corrected chi connectivity index (χ4v) is 2.26. The van der Waals surface area contributed by atoms with Crippen LogP contribution in [0.15, 0.2) is 12.3 Å². The highest BCUT2D eigenvalue weighted by molar-refractivity contribution is 5.92. The van der Waals surface area contributed by atoms with Crippen LogP contribution < -0.4 is 0 Å². The van der Waals surface area contributed by atoms with Gasteiger partial charge in [-0.3, -0.25) is 4.79 Å². The molecule has 0 aromatic carbocycles. The van der Waals surface area contributed by atoms with E-state index in [1.807, 2.05) is 6.08 Å². The Morgan fingerprint density at radius 3 is 2.78 bits per heavy atom. The average molecular weight is 251 g/mol. The van der Waals surface area contributed by atoms with E-state index in [1.165, 1.54) is 5.01 Å². The van der Waals surface area contributed by atoms with Crippen LogP contribution in [0.25, 0.3) is 0 Å². The Balaban J connectivity index is 2.15. The smallest absolute Gasteiger partial charge is 0.311 e. The van der Waals surface area contributed by atoms with Crippen LogP contribution in [0, 0.1) is 5.92 Å². The minimum atomic E-state index is -0.366. The third-order valence-corrected chi connectivity index (χ3v) is 3.48. The second-order valence-electron chi connectivity index (χ2n) is 5.31. The predicted molar refractivity (Wildman–Crippen MR) is 68.3 cm³/mol. The van der Waals surface area contributed by atoms with Crippen LogP contribution in [0.3, 0.4) is 0 Å². The van der Waals surface area contributed by atoms with Gasteiger partial charge in [0, 0.05) is 19.3 Å². The average Bonchev–Trinajstić information content (AvgIpc) is 2.36. The minimum absolute atomic E-state index is 0.0192. The first kappa shape index (κ1) is 12.9. The lowest BCUT2D eigenvalue weighted by Crippen LogP contribution is -2.65. The second-order valence-corrected chi connectivity index (χ2v) is 5.31. The molecule has 0 aliphatic carbocycles. The zero-order valence-electron chi connectivity index (χ0n) is 11.3. The number of rotatable bonds is 3. The van der Waals surface area contributed by atoms with Crippen molar-refractivity contribution in [1.29, 1.82) is 0 Å². The van der Waals surface area contributed by atoms with Crippen molar-refractivity contribution in [2.75, 3.05) is 13.1 Å². The summed E-state index contributed by atoms with van der Waals surface area (Å²) >= 11 is 0. The molecule has 2 aliphatic rings. The van der Waals surface area contributed by atoms with Crippen LogP contribution in [0.5, 0.6) is 0 Å². The van der Waals surface area contributed by atoms with Crippen molar-refractivity contribution >= 4 is 11.9 Å². The lowest BCUT2D eigenvalue weighted by molar-refractivity contribution is -0.151. The van der Waals surface area contributed by atoms with Crippen molar-refractivity contribution in [1.82, 2.24) is 14.9 Å². The van der Waals surface area contributed by atoms with Crippen LogP contribution in [-0.2, 0) is 4.79 Å². The van der Waals surface area contributed by atoms with Crippen LogP contribution in [0.4, 0.5) is 4.79 Å². The van der Waals surface area contributed by atoms with Gasteiger partial charge in [0.15, 0.2) is 0 Å². The standard InChI is InChI=1S/C13H21N3O2/c1-10(2)6-9-14-11(3)12(17)15-7-4-5-8-16(15)13(14)18/h4,7,10-11H,5-6,8-9H2,1-3H3/t11-/m0/s1. The van der Waals surface area contributed by atoms with Gasteiger partial charge in [0.05, 0.1) is 0 Å². The molecule has 0 unspecified atom stereocenters. The first-order chi connectivity index (χ1) is 8.52. The molecule has 0 aromatic rings. The molecule has 0 saturated carbocycles. The van der Waals surface area contributed by atoms with Gasteiger partial charge in [0.2, 0.25) is 0 Å². The highest BCUT2D eigenvalue weighted by Crippen LogP contribution is 2.22. The topological polar surface area (TPSA) is 43.9 Å². The molecule has 100 valence electrons. The summed E-state index contributed by atoms with van der Waals surface area (Å²) in [6.07, 6.45) is 5.37. The maximum Gasteiger partial charge on any atom is 0.339 e. The zero-order valence-corrected chi connectivity index (χ0v) is 11.3. The molecular weight excluding hydrogens is 230 g/mol. The zero-order chi connectivity index (χ0) is 13.3. The van der Waals surface area contributed by atoms with Gasteiger partial charge in [-0.15, -0.1) is 0 Å². The number of urea groups is 1. The summed E-state index contributed by atoms with van der Waals surface area (Å²) in [5.41, 5.74) is 0. The molecule has 3 amide bonds. The van der Waals surface area contributed by atoms with Gasteiger partial charge in [-0.25, -0.2) is 14.8 Å². The molecule has 0 bridgehead atoms. The van der Waals surface area contributed by atoms with E-state index in [0.717, 1.165) is 12.8 Å². The van der Waals surface area contributed by atoms with Crippen LogP contribution in [-0.4, -0.2) is 46.0 Å². The Morgan fingerprint density at radius 2 is 2.11 bits per heavy atom. The van der Waals surface area contributed by atoms with E-state index >= 15 is 0 Å². The number of nitrogens with zero attached hydrogens (tertiary/aromatic N) is 3. The molecule has 2 aliphatic heterocycles. The predicted octanol–water partition coefficient (Wildman–Crippen LogP) is 1.82. The number of hydrogen-bond donors (Lipinski definition) is 0. The van der Waals surface area contributed by atoms with Gasteiger partial charge < -0.3 is 4.90 Å². The minimum Gasteiger partial charge on any atom is -0.311 e. The van der Waals surface area contributed by atoms with Gasteiger partial charge >= 0.3 is 6.03 Å². The summed E-state index contributed by atoms with van der Waals surface area (Å²) < 4.78 is 0. The van der Waals surface area contributed by atoms with Crippen molar-refractivity contribution < 1.29 is 9.59 Å². The number of hydrogen-bond acceptors (Lipinski definition) is 2. The fraction of sp³-hybridized carbons (Fsp3) is 0.692. The first-order valence-corrected chi connectivity index (χ1v) is 6.60. The number of carbonyl (C=O) groups is 2. The Morgan fingerprint density at radius 1 is 1.39 bits per heavy atom. The summed E-state index contributed by atoms with van der Waals surface area (Å²) in [6.45, 7) is 7.29. The summed E-state index contributed by atoms with van der Waals surface area (Å²) in [4.78, 5) is 26.2. The molecule has 5 nitrogen and oxygen atoms in total. The normalized spacial score (nSPS) is 24.0. The second kappa shape index (κ2) is 5.00. The van der Waals surface area contributed by atoms with Gasteiger partial charge in [0.1, 0.15) is 6.04 Å². The molecule has 18 heavy (non-hydrogen) atoms. The van der Waals surface area contributed by atoms with Crippen molar-refractivity contribution in [2.45, 2.75) is 39.7 Å². The summed E-state index contributed by atoms with van der Waals surface area (Å²) in [5.74, 6) is 0.508. The van der Waals surface area contributed by atoms with Crippen molar-refractivity contribution in [3.63, 3.8) is 0 Å². The Labute approximate surface area is 108 Å². The molecule has 1 atom stereocenters. The number of hydrazine groups is 1. The molecule has 0 aromatic heterocycles. The van der Waals surface area contributed by atoms with Gasteiger partial charge in [-0.05, 0) is 25.7 Å². The van der Waals surface area contributed by atoms with E-state index in [1.54, 1.807) is 23.0 Å². The van der Waals surface area contributed by atoms with E-state index in [4.69, 9.17) is 0 Å². The third-order valence-electron chi connectivity index (χ3n) is 3.48. The quantitative estimate of drug-likeness (QED) is 0.768. The molecule has 1 fully saturated rings. The lowest BCUT2D eigenvalue weighted by Gasteiger charge is -2.46. The molecule has 1 saturated heterocycles. The summed E-state index contributed by atoms with van der Waals surface area (Å²) in [5, 5.41) is 3.00. The van der Waals surface area contributed by atoms with Crippen molar-refractivity contribution in [2.24, 2.45) is 5.92 Å². The Kier molecular flexibility index (Phi) is 3.59. The molecule has 2 heterocycles. The van der Waals surface area contributed by atoms with E-state index in [2.05, 4.69) is 13.8 Å². The monoisotopic (exact) mass is 251 g/mol. The molecular formula is C13H21N3O2. The SMILES string of the molecule is CC(C)CCN1C(=O)N2CCC=CN2C(=O)[C@@H]1C. The van der Waals surface area contributed by atoms with Gasteiger partial charge in [-0.2, -0.15) is 0 Å².